The van der Waals surface area contributed by atoms with Crippen LogP contribution in [0.25, 0.3) is 16.6 Å². The summed E-state index contributed by atoms with van der Waals surface area (Å²) in [5.74, 6) is 1.34. The van der Waals surface area contributed by atoms with Crippen molar-refractivity contribution in [3.05, 3.63) is 83.9 Å². The van der Waals surface area contributed by atoms with E-state index in [2.05, 4.69) is 33.2 Å². The first-order chi connectivity index (χ1) is 20.5. The Morgan fingerprint density at radius 3 is 2.64 bits per heavy atom. The first-order valence-electron chi connectivity index (χ1n) is 14.5. The summed E-state index contributed by atoms with van der Waals surface area (Å²) >= 11 is 0. The molecule has 4 heterocycles. The van der Waals surface area contributed by atoms with Crippen molar-refractivity contribution in [1.82, 2.24) is 29.0 Å². The topological polar surface area (TPSA) is 89.2 Å². The molecule has 1 amide bonds. The summed E-state index contributed by atoms with van der Waals surface area (Å²) in [7, 11) is 2.16. The zero-order valence-corrected chi connectivity index (χ0v) is 24.4. The fourth-order valence-corrected chi connectivity index (χ4v) is 5.49. The van der Waals surface area contributed by atoms with Crippen LogP contribution in [-0.2, 0) is 6.54 Å². The van der Waals surface area contributed by atoms with E-state index >= 15 is 0 Å². The van der Waals surface area contributed by atoms with Gasteiger partial charge in [-0.15, -0.1) is 0 Å². The predicted octanol–water partition coefficient (Wildman–Crippen LogP) is 4.32. The number of piperazine rings is 1. The highest BCUT2D eigenvalue weighted by molar-refractivity contribution is 6.08. The highest BCUT2D eigenvalue weighted by atomic mass is 16.5. The number of aryl methyl sites for hydroxylation is 1. The molecule has 0 saturated carbocycles. The number of fused-ring (bicyclic) bond motifs is 2. The van der Waals surface area contributed by atoms with Gasteiger partial charge < -0.3 is 19.7 Å². The fourth-order valence-electron chi connectivity index (χ4n) is 5.49. The number of nitrogens with one attached hydrogen (secondary N) is 1. The van der Waals surface area contributed by atoms with Crippen molar-refractivity contribution in [2.45, 2.75) is 20.4 Å². The van der Waals surface area contributed by atoms with Gasteiger partial charge in [0.05, 0.1) is 36.2 Å². The highest BCUT2D eigenvalue weighted by Crippen LogP contribution is 2.28. The van der Waals surface area contributed by atoms with Crippen LogP contribution in [0.1, 0.15) is 28.7 Å². The van der Waals surface area contributed by atoms with Gasteiger partial charge in [0.1, 0.15) is 29.4 Å². The minimum Gasteiger partial charge on any atom is -0.494 e. The van der Waals surface area contributed by atoms with Crippen LogP contribution in [0.2, 0.25) is 0 Å². The standard InChI is InChI=1S/C32H37N7O3/c1-4-41-25-8-5-7-24(19-25)22-39-28-10-6-9-27(31(28)23(2)35-39)34-32(40)29-21-33-30-20-26(11-12-38(29)30)42-18-17-37-15-13-36(3)14-16-37/h5-12,19-21H,4,13-18,22H2,1-3H3,(H,34,40). The Bertz CT molecular complexity index is 1700. The Kier molecular flexibility index (Phi) is 8.07. The third-order valence-corrected chi connectivity index (χ3v) is 7.73. The van der Waals surface area contributed by atoms with Gasteiger partial charge in [-0.05, 0) is 56.8 Å². The number of rotatable bonds is 10. The quantitative estimate of drug-likeness (QED) is 0.269. The largest absolute Gasteiger partial charge is 0.494 e. The lowest BCUT2D eigenvalue weighted by molar-refractivity contribution is 0.102. The maximum atomic E-state index is 13.4. The molecule has 1 saturated heterocycles. The van der Waals surface area contributed by atoms with E-state index in [1.54, 1.807) is 10.6 Å². The van der Waals surface area contributed by atoms with Crippen molar-refractivity contribution in [3.8, 4) is 11.5 Å². The highest BCUT2D eigenvalue weighted by Gasteiger charge is 2.18. The number of hydrogen-bond acceptors (Lipinski definition) is 7. The molecule has 1 aliphatic heterocycles. The van der Waals surface area contributed by atoms with Gasteiger partial charge in [0.15, 0.2) is 0 Å². The van der Waals surface area contributed by atoms with Crippen molar-refractivity contribution < 1.29 is 14.3 Å². The summed E-state index contributed by atoms with van der Waals surface area (Å²) in [6.45, 7) is 11.0. The molecule has 3 aromatic heterocycles. The third-order valence-electron chi connectivity index (χ3n) is 7.73. The number of carbonyl (C=O) groups is 1. The Morgan fingerprint density at radius 2 is 1.81 bits per heavy atom. The Labute approximate surface area is 245 Å². The second-order valence-electron chi connectivity index (χ2n) is 10.7. The van der Waals surface area contributed by atoms with E-state index in [1.165, 1.54) is 0 Å². The van der Waals surface area contributed by atoms with Crippen LogP contribution in [0.3, 0.4) is 0 Å². The number of pyridine rings is 1. The van der Waals surface area contributed by atoms with Gasteiger partial charge in [0.2, 0.25) is 0 Å². The summed E-state index contributed by atoms with van der Waals surface area (Å²) in [6, 6.07) is 17.7. The maximum absolute atomic E-state index is 13.4. The van der Waals surface area contributed by atoms with Gasteiger partial charge in [-0.2, -0.15) is 5.10 Å². The zero-order chi connectivity index (χ0) is 29.1. The maximum Gasteiger partial charge on any atom is 0.274 e. The molecule has 0 radical (unpaired) electrons. The number of aromatic nitrogens is 4. The lowest BCUT2D eigenvalue weighted by atomic mass is 10.1. The molecular formula is C32H37N7O3. The second kappa shape index (κ2) is 12.2. The minimum absolute atomic E-state index is 0.240. The normalized spacial score (nSPS) is 14.5. The summed E-state index contributed by atoms with van der Waals surface area (Å²) in [5.41, 5.74) is 4.70. The molecule has 5 aromatic rings. The molecule has 6 rings (SSSR count). The van der Waals surface area contributed by atoms with E-state index in [0.29, 0.717) is 36.8 Å². The van der Waals surface area contributed by atoms with Gasteiger partial charge in [-0.3, -0.25) is 18.8 Å². The van der Waals surface area contributed by atoms with Crippen LogP contribution in [0, 0.1) is 6.92 Å². The van der Waals surface area contributed by atoms with Crippen molar-refractivity contribution in [2.24, 2.45) is 0 Å². The van der Waals surface area contributed by atoms with Crippen molar-refractivity contribution in [1.29, 1.82) is 0 Å². The first-order valence-corrected chi connectivity index (χ1v) is 14.5. The lowest BCUT2D eigenvalue weighted by Gasteiger charge is -2.32. The van der Waals surface area contributed by atoms with Crippen LogP contribution in [0.5, 0.6) is 11.5 Å². The molecule has 218 valence electrons. The Morgan fingerprint density at radius 1 is 1.00 bits per heavy atom. The summed E-state index contributed by atoms with van der Waals surface area (Å²) in [6.07, 6.45) is 3.43. The molecule has 0 spiro atoms. The number of benzene rings is 2. The van der Waals surface area contributed by atoms with E-state index in [1.807, 2.05) is 73.3 Å². The van der Waals surface area contributed by atoms with Crippen LogP contribution in [0.15, 0.2) is 67.0 Å². The number of ether oxygens (including phenoxy) is 2. The van der Waals surface area contributed by atoms with E-state index in [0.717, 1.165) is 66.4 Å². The predicted molar refractivity (Wildman–Crippen MR) is 164 cm³/mol. The molecule has 0 bridgehead atoms. The first kappa shape index (κ1) is 27.7. The summed E-state index contributed by atoms with van der Waals surface area (Å²) < 4.78 is 15.4. The number of carbonyl (C=O) groups excluding carboxylic acids is 1. The average Bonchev–Trinajstić information content (AvgIpc) is 3.55. The van der Waals surface area contributed by atoms with Crippen molar-refractivity contribution in [3.63, 3.8) is 0 Å². The number of nitrogens with zero attached hydrogens (tertiary/aromatic N) is 6. The van der Waals surface area contributed by atoms with Crippen LogP contribution < -0.4 is 14.8 Å². The van der Waals surface area contributed by atoms with E-state index in [4.69, 9.17) is 14.6 Å². The zero-order valence-electron chi connectivity index (χ0n) is 24.4. The molecule has 10 heteroatoms. The van der Waals surface area contributed by atoms with Crippen LogP contribution in [0.4, 0.5) is 5.69 Å². The van der Waals surface area contributed by atoms with Crippen LogP contribution >= 0.6 is 0 Å². The monoisotopic (exact) mass is 567 g/mol. The third kappa shape index (κ3) is 5.95. The molecule has 10 nitrogen and oxygen atoms in total. The van der Waals surface area contributed by atoms with Crippen LogP contribution in [-0.4, -0.2) is 87.9 Å². The Balaban J connectivity index is 1.15. The van der Waals surface area contributed by atoms with Gasteiger partial charge in [-0.1, -0.05) is 18.2 Å². The number of likely N-dealkylation sites (N-methyl/N-ethyl adjacent to an activating group) is 1. The van der Waals surface area contributed by atoms with Gasteiger partial charge in [0.25, 0.3) is 5.91 Å². The van der Waals surface area contributed by atoms with Gasteiger partial charge in [-0.25, -0.2) is 4.98 Å². The van der Waals surface area contributed by atoms with E-state index in [9.17, 15) is 4.79 Å². The van der Waals surface area contributed by atoms with E-state index in [-0.39, 0.29) is 5.91 Å². The molecule has 1 fully saturated rings. The van der Waals surface area contributed by atoms with Gasteiger partial charge >= 0.3 is 0 Å². The lowest BCUT2D eigenvalue weighted by Crippen LogP contribution is -2.45. The SMILES string of the molecule is CCOc1cccc(Cn2nc(C)c3c(NC(=O)c4cnc5cc(OCCN6CCN(C)CC6)ccn45)cccc32)c1. The molecule has 2 aromatic carbocycles. The van der Waals surface area contributed by atoms with Gasteiger partial charge in [0, 0.05) is 50.4 Å². The van der Waals surface area contributed by atoms with Crippen molar-refractivity contribution in [2.75, 3.05) is 58.3 Å². The van der Waals surface area contributed by atoms with Crippen molar-refractivity contribution >= 4 is 28.1 Å². The molecule has 0 unspecified atom stereocenters. The number of imidazole rings is 1. The minimum atomic E-state index is -0.240. The number of hydrogen-bond donors (Lipinski definition) is 1. The number of amides is 1. The number of anilines is 1. The molecule has 1 aliphatic rings. The summed E-state index contributed by atoms with van der Waals surface area (Å²) in [4.78, 5) is 22.7. The summed E-state index contributed by atoms with van der Waals surface area (Å²) in [5, 5.41) is 8.81. The smallest absolute Gasteiger partial charge is 0.274 e. The molecule has 42 heavy (non-hydrogen) atoms. The Hall–Kier alpha value is -4.41. The fraction of sp³-hybridized carbons (Fsp3) is 0.344. The van der Waals surface area contributed by atoms with E-state index < -0.39 is 0 Å². The molecule has 0 aliphatic carbocycles. The second-order valence-corrected chi connectivity index (χ2v) is 10.7. The molecule has 0 atom stereocenters. The average molecular weight is 568 g/mol. The molecular weight excluding hydrogens is 530 g/mol. The molecule has 1 N–H and O–H groups in total.